The zero-order valence-corrected chi connectivity index (χ0v) is 12.2. The standard InChI is InChI=1S/C15H17N3O3/c1-4-18-13(8-10(3)17-18)14(19)16-12-6-5-9(2)7-11(12)15(20)21/h5-8H,4H2,1-3H3,(H,16,19)(H,20,21). The number of carboxylic acid groups (broad SMARTS) is 1. The van der Waals surface area contributed by atoms with Crippen LogP contribution >= 0.6 is 0 Å². The van der Waals surface area contributed by atoms with Crippen molar-refractivity contribution in [3.8, 4) is 0 Å². The van der Waals surface area contributed by atoms with Crippen LogP contribution in [0.1, 0.15) is 39.0 Å². The van der Waals surface area contributed by atoms with Crippen molar-refractivity contribution in [2.45, 2.75) is 27.3 Å². The van der Waals surface area contributed by atoms with Crippen LogP contribution < -0.4 is 5.32 Å². The molecule has 0 atom stereocenters. The number of carbonyl (C=O) groups excluding carboxylic acids is 1. The van der Waals surface area contributed by atoms with E-state index in [4.69, 9.17) is 0 Å². The van der Waals surface area contributed by atoms with E-state index in [1.54, 1.807) is 36.7 Å². The van der Waals surface area contributed by atoms with Crippen LogP contribution in [-0.2, 0) is 6.54 Å². The third kappa shape index (κ3) is 3.10. The molecular formula is C15H17N3O3. The molecule has 1 amide bonds. The summed E-state index contributed by atoms with van der Waals surface area (Å²) in [6.45, 7) is 6.05. The van der Waals surface area contributed by atoms with Gasteiger partial charge in [-0.15, -0.1) is 0 Å². The topological polar surface area (TPSA) is 84.2 Å². The largest absolute Gasteiger partial charge is 0.478 e. The number of anilines is 1. The van der Waals surface area contributed by atoms with Crippen molar-refractivity contribution in [2.24, 2.45) is 0 Å². The molecule has 2 N–H and O–H groups in total. The van der Waals surface area contributed by atoms with Gasteiger partial charge in [-0.05, 0) is 39.0 Å². The van der Waals surface area contributed by atoms with Gasteiger partial charge in [0.25, 0.3) is 5.91 Å². The SMILES string of the molecule is CCn1nc(C)cc1C(=O)Nc1ccc(C)cc1C(=O)O. The van der Waals surface area contributed by atoms with Gasteiger partial charge in [0.2, 0.25) is 0 Å². The number of carbonyl (C=O) groups is 2. The summed E-state index contributed by atoms with van der Waals surface area (Å²) in [6, 6.07) is 6.55. The third-order valence-electron chi connectivity index (χ3n) is 3.09. The van der Waals surface area contributed by atoms with E-state index in [0.29, 0.717) is 12.2 Å². The van der Waals surface area contributed by atoms with E-state index in [9.17, 15) is 14.7 Å². The first-order chi connectivity index (χ1) is 9.92. The summed E-state index contributed by atoms with van der Waals surface area (Å²) in [5.41, 5.74) is 2.32. The maximum atomic E-state index is 12.3. The Bertz CT molecular complexity index is 704. The molecule has 2 rings (SSSR count). The molecule has 1 aromatic heterocycles. The summed E-state index contributed by atoms with van der Waals surface area (Å²) < 4.78 is 1.58. The first-order valence-corrected chi connectivity index (χ1v) is 6.62. The van der Waals surface area contributed by atoms with Gasteiger partial charge in [0.15, 0.2) is 0 Å². The molecule has 6 heteroatoms. The maximum absolute atomic E-state index is 12.3. The Morgan fingerprint density at radius 3 is 2.62 bits per heavy atom. The normalized spacial score (nSPS) is 10.4. The molecule has 1 heterocycles. The number of rotatable bonds is 4. The number of carboxylic acids is 1. The fourth-order valence-corrected chi connectivity index (χ4v) is 2.10. The average Bonchev–Trinajstić information content (AvgIpc) is 2.81. The van der Waals surface area contributed by atoms with Crippen LogP contribution in [0.2, 0.25) is 0 Å². The lowest BCUT2D eigenvalue weighted by atomic mass is 10.1. The van der Waals surface area contributed by atoms with Crippen molar-refractivity contribution >= 4 is 17.6 Å². The van der Waals surface area contributed by atoms with Crippen LogP contribution in [0.4, 0.5) is 5.69 Å². The van der Waals surface area contributed by atoms with E-state index in [2.05, 4.69) is 10.4 Å². The second kappa shape index (κ2) is 5.78. The molecule has 2 aromatic rings. The molecule has 0 aliphatic heterocycles. The van der Waals surface area contributed by atoms with Crippen LogP contribution in [0.3, 0.4) is 0 Å². The Balaban J connectivity index is 2.33. The molecule has 0 saturated carbocycles. The highest BCUT2D eigenvalue weighted by atomic mass is 16.4. The van der Waals surface area contributed by atoms with Crippen LogP contribution in [0.15, 0.2) is 24.3 Å². The minimum Gasteiger partial charge on any atom is -0.478 e. The van der Waals surface area contributed by atoms with Gasteiger partial charge in [0.1, 0.15) is 5.69 Å². The number of hydrogen-bond acceptors (Lipinski definition) is 3. The molecule has 110 valence electrons. The molecule has 21 heavy (non-hydrogen) atoms. The van der Waals surface area contributed by atoms with E-state index in [-0.39, 0.29) is 17.2 Å². The molecule has 1 aromatic carbocycles. The summed E-state index contributed by atoms with van der Waals surface area (Å²) in [5, 5.41) is 16.1. The van der Waals surface area contributed by atoms with Crippen molar-refractivity contribution in [1.29, 1.82) is 0 Å². The molecule has 0 radical (unpaired) electrons. The number of amides is 1. The van der Waals surface area contributed by atoms with Crippen LogP contribution in [0, 0.1) is 13.8 Å². The highest BCUT2D eigenvalue weighted by Crippen LogP contribution is 2.18. The number of hydrogen-bond donors (Lipinski definition) is 2. The molecule has 6 nitrogen and oxygen atoms in total. The third-order valence-corrected chi connectivity index (χ3v) is 3.09. The van der Waals surface area contributed by atoms with Crippen LogP contribution in [-0.4, -0.2) is 26.8 Å². The van der Waals surface area contributed by atoms with Crippen molar-refractivity contribution in [3.05, 3.63) is 46.8 Å². The average molecular weight is 287 g/mol. The number of aryl methyl sites for hydroxylation is 3. The molecule has 0 bridgehead atoms. The molecule has 0 aliphatic carbocycles. The Morgan fingerprint density at radius 2 is 2.00 bits per heavy atom. The lowest BCUT2D eigenvalue weighted by molar-refractivity contribution is 0.0698. The molecular weight excluding hydrogens is 270 g/mol. The Labute approximate surface area is 122 Å². The second-order valence-electron chi connectivity index (χ2n) is 4.80. The monoisotopic (exact) mass is 287 g/mol. The summed E-state index contributed by atoms with van der Waals surface area (Å²) in [5.74, 6) is -1.45. The number of nitrogens with one attached hydrogen (secondary N) is 1. The van der Waals surface area contributed by atoms with Gasteiger partial charge in [-0.2, -0.15) is 5.10 Å². The summed E-state index contributed by atoms with van der Waals surface area (Å²) >= 11 is 0. The van der Waals surface area contributed by atoms with Crippen LogP contribution in [0.25, 0.3) is 0 Å². The van der Waals surface area contributed by atoms with E-state index in [0.717, 1.165) is 11.3 Å². The van der Waals surface area contributed by atoms with E-state index in [1.165, 1.54) is 6.07 Å². The van der Waals surface area contributed by atoms with Gasteiger partial charge in [-0.25, -0.2) is 4.79 Å². The number of nitrogens with zero attached hydrogens (tertiary/aromatic N) is 2. The lowest BCUT2D eigenvalue weighted by Gasteiger charge is -2.10. The smallest absolute Gasteiger partial charge is 0.337 e. The van der Waals surface area contributed by atoms with Gasteiger partial charge in [0, 0.05) is 6.54 Å². The molecule has 0 aliphatic rings. The van der Waals surface area contributed by atoms with Crippen LogP contribution in [0.5, 0.6) is 0 Å². The fraction of sp³-hybridized carbons (Fsp3) is 0.267. The summed E-state index contributed by atoms with van der Waals surface area (Å²) in [4.78, 5) is 23.6. The second-order valence-corrected chi connectivity index (χ2v) is 4.80. The van der Waals surface area contributed by atoms with E-state index in [1.807, 2.05) is 6.92 Å². The van der Waals surface area contributed by atoms with Crippen molar-refractivity contribution < 1.29 is 14.7 Å². The van der Waals surface area contributed by atoms with Crippen molar-refractivity contribution in [1.82, 2.24) is 9.78 Å². The quantitative estimate of drug-likeness (QED) is 0.904. The van der Waals surface area contributed by atoms with Gasteiger partial charge in [-0.1, -0.05) is 11.6 Å². The number of aromatic carboxylic acids is 1. The molecule has 0 unspecified atom stereocenters. The first-order valence-electron chi connectivity index (χ1n) is 6.62. The fourth-order valence-electron chi connectivity index (χ4n) is 2.10. The lowest BCUT2D eigenvalue weighted by Crippen LogP contribution is -2.19. The van der Waals surface area contributed by atoms with Gasteiger partial charge < -0.3 is 10.4 Å². The number of benzene rings is 1. The predicted octanol–water partition coefficient (Wildman–Crippen LogP) is 2.47. The number of aromatic nitrogens is 2. The zero-order chi connectivity index (χ0) is 15.6. The van der Waals surface area contributed by atoms with Crippen molar-refractivity contribution in [3.63, 3.8) is 0 Å². The molecule has 0 fully saturated rings. The minimum atomic E-state index is -1.07. The molecule has 0 saturated heterocycles. The summed E-state index contributed by atoms with van der Waals surface area (Å²) in [7, 11) is 0. The highest BCUT2D eigenvalue weighted by molar-refractivity contribution is 6.07. The van der Waals surface area contributed by atoms with Gasteiger partial charge in [-0.3, -0.25) is 9.48 Å². The Kier molecular flexibility index (Phi) is 4.07. The minimum absolute atomic E-state index is 0.0719. The maximum Gasteiger partial charge on any atom is 0.337 e. The Hall–Kier alpha value is -2.63. The van der Waals surface area contributed by atoms with Gasteiger partial charge >= 0.3 is 5.97 Å². The zero-order valence-electron chi connectivity index (χ0n) is 12.2. The highest BCUT2D eigenvalue weighted by Gasteiger charge is 2.17. The first kappa shape index (κ1) is 14.8. The predicted molar refractivity (Wildman–Crippen MR) is 78.7 cm³/mol. The van der Waals surface area contributed by atoms with Gasteiger partial charge in [0.05, 0.1) is 16.9 Å². The van der Waals surface area contributed by atoms with E-state index < -0.39 is 5.97 Å². The Morgan fingerprint density at radius 1 is 1.29 bits per heavy atom. The van der Waals surface area contributed by atoms with Crippen molar-refractivity contribution in [2.75, 3.05) is 5.32 Å². The molecule has 0 spiro atoms. The summed E-state index contributed by atoms with van der Waals surface area (Å²) in [6.07, 6.45) is 0. The van der Waals surface area contributed by atoms with E-state index >= 15 is 0 Å².